The molecule has 0 aromatic carbocycles. The van der Waals surface area contributed by atoms with Crippen LogP contribution in [0.25, 0.3) is 0 Å². The molecule has 0 amide bonds. The second kappa shape index (κ2) is 6.75. The molecule has 118 valence electrons. The van der Waals surface area contributed by atoms with Gasteiger partial charge in [0.25, 0.3) is 0 Å². The number of thiophene rings is 1. The molecule has 0 bridgehead atoms. The largest absolute Gasteiger partial charge is 0.377 e. The van der Waals surface area contributed by atoms with Crippen LogP contribution in [0, 0.1) is 0 Å². The average molecular weight is 310 g/mol. The van der Waals surface area contributed by atoms with Gasteiger partial charge in [0.15, 0.2) is 0 Å². The Balaban J connectivity index is 1.62. The summed E-state index contributed by atoms with van der Waals surface area (Å²) < 4.78 is 12.3. The van der Waals surface area contributed by atoms with E-state index in [-0.39, 0.29) is 5.60 Å². The molecule has 0 radical (unpaired) electrons. The molecule has 2 aliphatic heterocycles. The van der Waals surface area contributed by atoms with Gasteiger partial charge in [-0.3, -0.25) is 4.90 Å². The van der Waals surface area contributed by atoms with Crippen LogP contribution in [0.1, 0.15) is 18.4 Å². The van der Waals surface area contributed by atoms with Gasteiger partial charge in [-0.15, -0.1) is 0 Å². The summed E-state index contributed by atoms with van der Waals surface area (Å²) in [6, 6.07) is 2.22. The molecular weight excluding hydrogens is 284 g/mol. The molecular formula is C16H26N2O2S. The SMILES string of the molecule is CN(C)C[C@@H]1CC[C@@]2(COCCN(Cc3ccsc3)C2)O1. The summed E-state index contributed by atoms with van der Waals surface area (Å²) in [6.07, 6.45) is 2.61. The van der Waals surface area contributed by atoms with Gasteiger partial charge in [-0.1, -0.05) is 0 Å². The number of nitrogens with zero attached hydrogens (tertiary/aromatic N) is 2. The van der Waals surface area contributed by atoms with Gasteiger partial charge in [0, 0.05) is 26.2 Å². The highest BCUT2D eigenvalue weighted by Crippen LogP contribution is 2.33. The van der Waals surface area contributed by atoms with E-state index in [0.717, 1.165) is 52.2 Å². The van der Waals surface area contributed by atoms with Crippen molar-refractivity contribution in [3.8, 4) is 0 Å². The minimum absolute atomic E-state index is 0.0901. The molecule has 2 atom stereocenters. The Labute approximate surface area is 131 Å². The van der Waals surface area contributed by atoms with Crippen LogP contribution in [0.5, 0.6) is 0 Å². The summed E-state index contributed by atoms with van der Waals surface area (Å²) in [7, 11) is 4.22. The number of ether oxygens (including phenoxy) is 2. The molecule has 0 N–H and O–H groups in total. The molecule has 1 aromatic rings. The van der Waals surface area contributed by atoms with Crippen molar-refractivity contribution >= 4 is 11.3 Å². The van der Waals surface area contributed by atoms with E-state index in [2.05, 4.69) is 40.7 Å². The second-order valence-electron chi connectivity index (χ2n) is 6.62. The minimum Gasteiger partial charge on any atom is -0.377 e. The van der Waals surface area contributed by atoms with Crippen molar-refractivity contribution < 1.29 is 9.47 Å². The van der Waals surface area contributed by atoms with Crippen molar-refractivity contribution in [2.45, 2.75) is 31.1 Å². The Morgan fingerprint density at radius 2 is 2.38 bits per heavy atom. The smallest absolute Gasteiger partial charge is 0.105 e. The molecule has 0 aliphatic carbocycles. The Bertz CT molecular complexity index is 437. The fraction of sp³-hybridized carbons (Fsp3) is 0.750. The van der Waals surface area contributed by atoms with Crippen LogP contribution in [0.2, 0.25) is 0 Å². The Kier molecular flexibility index (Phi) is 4.96. The topological polar surface area (TPSA) is 24.9 Å². The van der Waals surface area contributed by atoms with Gasteiger partial charge in [-0.25, -0.2) is 0 Å². The summed E-state index contributed by atoms with van der Waals surface area (Å²) >= 11 is 1.77. The normalized spacial score (nSPS) is 31.1. The van der Waals surface area contributed by atoms with Gasteiger partial charge in [-0.05, 0) is 49.3 Å². The van der Waals surface area contributed by atoms with Gasteiger partial charge in [0.05, 0.1) is 19.3 Å². The highest BCUT2D eigenvalue weighted by Gasteiger charge is 2.43. The molecule has 2 fully saturated rings. The van der Waals surface area contributed by atoms with Crippen LogP contribution < -0.4 is 0 Å². The van der Waals surface area contributed by atoms with E-state index < -0.39 is 0 Å². The zero-order chi connectivity index (χ0) is 14.7. The van der Waals surface area contributed by atoms with E-state index in [1.807, 2.05) is 0 Å². The van der Waals surface area contributed by atoms with Crippen LogP contribution in [-0.4, -0.2) is 68.4 Å². The van der Waals surface area contributed by atoms with Crippen LogP contribution in [0.3, 0.4) is 0 Å². The van der Waals surface area contributed by atoms with Crippen LogP contribution in [0.15, 0.2) is 16.8 Å². The maximum Gasteiger partial charge on any atom is 0.105 e. The highest BCUT2D eigenvalue weighted by atomic mass is 32.1. The monoisotopic (exact) mass is 310 g/mol. The number of likely N-dealkylation sites (N-methyl/N-ethyl adjacent to an activating group) is 1. The zero-order valence-corrected chi connectivity index (χ0v) is 13.9. The lowest BCUT2D eigenvalue weighted by Crippen LogP contribution is -2.44. The Morgan fingerprint density at radius 1 is 1.48 bits per heavy atom. The molecule has 4 nitrogen and oxygen atoms in total. The maximum absolute atomic E-state index is 6.42. The summed E-state index contributed by atoms with van der Waals surface area (Å²) in [5.41, 5.74) is 1.31. The molecule has 2 aliphatic rings. The minimum atomic E-state index is -0.0901. The molecule has 21 heavy (non-hydrogen) atoms. The fourth-order valence-electron chi connectivity index (χ4n) is 3.41. The molecule has 0 saturated carbocycles. The number of hydrogen-bond donors (Lipinski definition) is 0. The number of hydrogen-bond acceptors (Lipinski definition) is 5. The predicted molar refractivity (Wildman–Crippen MR) is 85.8 cm³/mol. The van der Waals surface area contributed by atoms with E-state index in [9.17, 15) is 0 Å². The molecule has 1 aromatic heterocycles. The lowest BCUT2D eigenvalue weighted by molar-refractivity contribution is -0.0902. The molecule has 3 rings (SSSR count). The molecule has 2 saturated heterocycles. The van der Waals surface area contributed by atoms with Crippen molar-refractivity contribution in [3.05, 3.63) is 22.4 Å². The third-order valence-corrected chi connectivity index (χ3v) is 5.05. The quantitative estimate of drug-likeness (QED) is 0.850. The Hall–Kier alpha value is -0.460. The molecule has 3 heterocycles. The summed E-state index contributed by atoms with van der Waals surface area (Å²) in [4.78, 5) is 4.71. The van der Waals surface area contributed by atoms with Gasteiger partial charge < -0.3 is 14.4 Å². The van der Waals surface area contributed by atoms with Gasteiger partial charge in [-0.2, -0.15) is 11.3 Å². The van der Waals surface area contributed by atoms with E-state index in [1.165, 1.54) is 5.56 Å². The molecule has 5 heteroatoms. The lowest BCUT2D eigenvalue weighted by Gasteiger charge is -2.32. The predicted octanol–water partition coefficient (Wildman–Crippen LogP) is 2.06. The van der Waals surface area contributed by atoms with E-state index in [4.69, 9.17) is 9.47 Å². The number of rotatable bonds is 4. The van der Waals surface area contributed by atoms with Crippen LogP contribution in [-0.2, 0) is 16.0 Å². The van der Waals surface area contributed by atoms with Crippen molar-refractivity contribution in [2.24, 2.45) is 0 Å². The third-order valence-electron chi connectivity index (χ3n) is 4.32. The summed E-state index contributed by atoms with van der Waals surface area (Å²) in [5.74, 6) is 0. The third kappa shape index (κ3) is 4.05. The van der Waals surface area contributed by atoms with E-state index in [1.54, 1.807) is 11.3 Å². The average Bonchev–Trinajstić information content (AvgIpc) is 3.00. The molecule has 1 spiro atoms. The van der Waals surface area contributed by atoms with Crippen molar-refractivity contribution in [1.82, 2.24) is 9.80 Å². The first kappa shape index (κ1) is 15.4. The van der Waals surface area contributed by atoms with Crippen molar-refractivity contribution in [1.29, 1.82) is 0 Å². The van der Waals surface area contributed by atoms with Crippen molar-refractivity contribution in [2.75, 3.05) is 46.9 Å². The fourth-order valence-corrected chi connectivity index (χ4v) is 4.07. The van der Waals surface area contributed by atoms with Gasteiger partial charge in [0.2, 0.25) is 0 Å². The zero-order valence-electron chi connectivity index (χ0n) is 13.1. The first-order valence-corrected chi connectivity index (χ1v) is 8.73. The van der Waals surface area contributed by atoms with Gasteiger partial charge in [0.1, 0.15) is 5.60 Å². The van der Waals surface area contributed by atoms with Crippen LogP contribution >= 0.6 is 11.3 Å². The molecule has 0 unspecified atom stereocenters. The maximum atomic E-state index is 6.42. The van der Waals surface area contributed by atoms with Crippen molar-refractivity contribution in [3.63, 3.8) is 0 Å². The second-order valence-corrected chi connectivity index (χ2v) is 7.40. The Morgan fingerprint density at radius 3 is 3.14 bits per heavy atom. The van der Waals surface area contributed by atoms with E-state index >= 15 is 0 Å². The lowest BCUT2D eigenvalue weighted by atomic mass is 10.00. The highest BCUT2D eigenvalue weighted by molar-refractivity contribution is 7.07. The summed E-state index contributed by atoms with van der Waals surface area (Å²) in [6.45, 7) is 5.57. The van der Waals surface area contributed by atoms with Gasteiger partial charge >= 0.3 is 0 Å². The first-order valence-electron chi connectivity index (χ1n) is 7.79. The van der Waals surface area contributed by atoms with E-state index in [0.29, 0.717) is 6.10 Å². The standard InChI is InChI=1S/C16H26N2O2S/c1-17(2)10-15-3-5-16(20-15)12-18(6-7-19-13-16)9-14-4-8-21-11-14/h4,8,11,15H,3,5-7,9-10,12-13H2,1-2H3/t15-,16+/m0/s1. The van der Waals surface area contributed by atoms with Crippen LogP contribution in [0.4, 0.5) is 0 Å². The summed E-state index contributed by atoms with van der Waals surface area (Å²) in [5, 5.41) is 4.39. The first-order chi connectivity index (χ1) is 10.2.